The number of para-hydroxylation sites is 1. The topological polar surface area (TPSA) is 96.7 Å². The van der Waals surface area contributed by atoms with Crippen molar-refractivity contribution in [2.45, 2.75) is 12.1 Å². The van der Waals surface area contributed by atoms with Crippen molar-refractivity contribution in [3.8, 4) is 0 Å². The Kier molecular flexibility index (Phi) is 2.64. The fourth-order valence-electron chi connectivity index (χ4n) is 1.46. The van der Waals surface area contributed by atoms with Crippen molar-refractivity contribution in [2.24, 2.45) is 5.73 Å². The van der Waals surface area contributed by atoms with Crippen LogP contribution < -0.4 is 5.73 Å². The second kappa shape index (κ2) is 3.96. The Bertz CT molecular complexity index is 486. The van der Waals surface area contributed by atoms with Crippen LogP contribution >= 0.6 is 0 Å². The maximum Gasteiger partial charge on any atom is 0.323 e. The predicted molar refractivity (Wildman–Crippen MR) is 56.8 cm³/mol. The van der Waals surface area contributed by atoms with E-state index < -0.39 is 18.1 Å². The summed E-state index contributed by atoms with van der Waals surface area (Å²) in [5, 5.41) is 19.1. The number of carboxylic acid groups (broad SMARTS) is 1. The summed E-state index contributed by atoms with van der Waals surface area (Å²) in [6.45, 7) is 0. The number of hydrogen-bond acceptors (Lipinski definition) is 4. The molecule has 16 heavy (non-hydrogen) atoms. The van der Waals surface area contributed by atoms with E-state index in [1.807, 2.05) is 6.07 Å². The van der Waals surface area contributed by atoms with Crippen LogP contribution in [0.1, 0.15) is 11.9 Å². The molecule has 1 aromatic carbocycles. The number of hydrogen-bond donors (Lipinski definition) is 3. The number of aliphatic carboxylic acids is 1. The smallest absolute Gasteiger partial charge is 0.323 e. The van der Waals surface area contributed by atoms with Crippen LogP contribution in [-0.2, 0) is 4.79 Å². The highest BCUT2D eigenvalue weighted by Gasteiger charge is 2.26. The van der Waals surface area contributed by atoms with E-state index in [9.17, 15) is 9.90 Å². The van der Waals surface area contributed by atoms with Crippen LogP contribution in [-0.4, -0.2) is 22.2 Å². The molecule has 0 saturated carbocycles. The summed E-state index contributed by atoms with van der Waals surface area (Å²) in [6.07, 6.45) is -1.34. The number of aliphatic hydroxyl groups is 1. The van der Waals surface area contributed by atoms with Crippen LogP contribution in [0.15, 0.2) is 34.7 Å². The minimum absolute atomic E-state index is 0.163. The molecule has 0 bridgehead atoms. The van der Waals surface area contributed by atoms with E-state index in [1.54, 1.807) is 24.3 Å². The molecule has 5 nitrogen and oxygen atoms in total. The zero-order valence-corrected chi connectivity index (χ0v) is 8.33. The molecule has 0 spiro atoms. The quantitative estimate of drug-likeness (QED) is 0.714. The van der Waals surface area contributed by atoms with Gasteiger partial charge in [-0.1, -0.05) is 18.2 Å². The summed E-state index contributed by atoms with van der Waals surface area (Å²) in [5.41, 5.74) is 5.90. The molecule has 4 N–H and O–H groups in total. The van der Waals surface area contributed by atoms with Gasteiger partial charge in [-0.25, -0.2) is 0 Å². The lowest BCUT2D eigenvalue weighted by Crippen LogP contribution is -2.36. The molecular weight excluding hydrogens is 210 g/mol. The molecular formula is C11H11NO4. The molecule has 84 valence electrons. The lowest BCUT2D eigenvalue weighted by atomic mass is 10.1. The number of carboxylic acids is 1. The summed E-state index contributed by atoms with van der Waals surface area (Å²) in [4.78, 5) is 10.6. The molecule has 2 aromatic rings. The summed E-state index contributed by atoms with van der Waals surface area (Å²) in [6, 6.07) is 7.35. The van der Waals surface area contributed by atoms with Crippen LogP contribution in [0.25, 0.3) is 11.0 Å². The van der Waals surface area contributed by atoms with Gasteiger partial charge in [0.15, 0.2) is 0 Å². The molecule has 1 heterocycles. The van der Waals surface area contributed by atoms with Crippen molar-refractivity contribution in [3.05, 3.63) is 36.1 Å². The Morgan fingerprint density at radius 2 is 2.06 bits per heavy atom. The van der Waals surface area contributed by atoms with Gasteiger partial charge in [-0.3, -0.25) is 4.79 Å². The first-order chi connectivity index (χ1) is 7.59. The fourth-order valence-corrected chi connectivity index (χ4v) is 1.46. The maximum atomic E-state index is 10.6. The Labute approximate surface area is 91.1 Å². The Hall–Kier alpha value is -1.85. The monoisotopic (exact) mass is 221 g/mol. The van der Waals surface area contributed by atoms with Crippen molar-refractivity contribution < 1.29 is 19.4 Å². The lowest BCUT2D eigenvalue weighted by molar-refractivity contribution is -0.141. The molecule has 2 unspecified atom stereocenters. The van der Waals surface area contributed by atoms with Gasteiger partial charge < -0.3 is 20.4 Å². The average molecular weight is 221 g/mol. The molecule has 0 radical (unpaired) electrons. The predicted octanol–water partition coefficient (Wildman–Crippen LogP) is 0.878. The van der Waals surface area contributed by atoms with Gasteiger partial charge in [0.25, 0.3) is 0 Å². The van der Waals surface area contributed by atoms with E-state index in [1.165, 1.54) is 0 Å². The summed E-state index contributed by atoms with van der Waals surface area (Å²) in [5.74, 6) is -1.11. The maximum absolute atomic E-state index is 10.6. The first-order valence-corrected chi connectivity index (χ1v) is 4.74. The van der Waals surface area contributed by atoms with Gasteiger partial charge in [0, 0.05) is 5.39 Å². The second-order valence-electron chi connectivity index (χ2n) is 3.50. The summed E-state index contributed by atoms with van der Waals surface area (Å²) in [7, 11) is 0. The second-order valence-corrected chi connectivity index (χ2v) is 3.50. The molecule has 0 aliphatic rings. The van der Waals surface area contributed by atoms with Crippen molar-refractivity contribution in [1.82, 2.24) is 0 Å². The number of benzene rings is 1. The van der Waals surface area contributed by atoms with Crippen molar-refractivity contribution in [1.29, 1.82) is 0 Å². The zero-order chi connectivity index (χ0) is 11.7. The molecule has 0 amide bonds. The van der Waals surface area contributed by atoms with Gasteiger partial charge in [-0.2, -0.15) is 0 Å². The zero-order valence-electron chi connectivity index (χ0n) is 8.33. The Morgan fingerprint density at radius 1 is 1.38 bits per heavy atom. The highest BCUT2D eigenvalue weighted by atomic mass is 16.4. The number of carbonyl (C=O) groups is 1. The normalized spacial score (nSPS) is 14.9. The van der Waals surface area contributed by atoms with E-state index in [-0.39, 0.29) is 5.76 Å². The van der Waals surface area contributed by atoms with Crippen LogP contribution in [0.3, 0.4) is 0 Å². The van der Waals surface area contributed by atoms with Gasteiger partial charge >= 0.3 is 5.97 Å². The third-order valence-corrected chi connectivity index (χ3v) is 2.36. The van der Waals surface area contributed by atoms with Crippen LogP contribution in [0, 0.1) is 0 Å². The number of rotatable bonds is 3. The third kappa shape index (κ3) is 1.78. The molecule has 0 saturated heterocycles. The summed E-state index contributed by atoms with van der Waals surface area (Å²) < 4.78 is 5.31. The van der Waals surface area contributed by atoms with E-state index in [4.69, 9.17) is 15.3 Å². The molecule has 0 aliphatic heterocycles. The van der Waals surface area contributed by atoms with Crippen molar-refractivity contribution in [2.75, 3.05) is 0 Å². The number of aliphatic hydroxyl groups excluding tert-OH is 1. The van der Waals surface area contributed by atoms with Crippen molar-refractivity contribution >= 4 is 16.9 Å². The fraction of sp³-hybridized carbons (Fsp3) is 0.182. The molecule has 1 aromatic heterocycles. The van der Waals surface area contributed by atoms with E-state index >= 15 is 0 Å². The van der Waals surface area contributed by atoms with Gasteiger partial charge in [0.2, 0.25) is 0 Å². The van der Waals surface area contributed by atoms with Gasteiger partial charge in [0.05, 0.1) is 0 Å². The largest absolute Gasteiger partial charge is 0.480 e. The highest BCUT2D eigenvalue weighted by Crippen LogP contribution is 2.25. The molecule has 0 aliphatic carbocycles. The summed E-state index contributed by atoms with van der Waals surface area (Å²) >= 11 is 0. The Balaban J connectivity index is 2.36. The van der Waals surface area contributed by atoms with E-state index in [0.717, 1.165) is 5.39 Å². The number of nitrogens with two attached hydrogens (primary N) is 1. The molecule has 2 rings (SSSR count). The van der Waals surface area contributed by atoms with Gasteiger partial charge in [-0.15, -0.1) is 0 Å². The van der Waals surface area contributed by atoms with Crippen LogP contribution in [0.4, 0.5) is 0 Å². The van der Waals surface area contributed by atoms with Crippen LogP contribution in [0.5, 0.6) is 0 Å². The van der Waals surface area contributed by atoms with Gasteiger partial charge in [0.1, 0.15) is 23.5 Å². The average Bonchev–Trinajstić information content (AvgIpc) is 2.70. The van der Waals surface area contributed by atoms with E-state index in [2.05, 4.69) is 0 Å². The first kappa shape index (κ1) is 10.7. The minimum atomic E-state index is -1.39. The van der Waals surface area contributed by atoms with Crippen LogP contribution in [0.2, 0.25) is 0 Å². The molecule has 2 atom stereocenters. The SMILES string of the molecule is NC(C(=O)O)C(O)c1cc2ccccc2o1. The van der Waals surface area contributed by atoms with E-state index in [0.29, 0.717) is 5.58 Å². The molecule has 0 fully saturated rings. The van der Waals surface area contributed by atoms with Crippen molar-refractivity contribution in [3.63, 3.8) is 0 Å². The third-order valence-electron chi connectivity index (χ3n) is 2.36. The highest BCUT2D eigenvalue weighted by molar-refractivity contribution is 5.79. The Morgan fingerprint density at radius 3 is 2.69 bits per heavy atom. The number of furan rings is 1. The minimum Gasteiger partial charge on any atom is -0.480 e. The lowest BCUT2D eigenvalue weighted by Gasteiger charge is -2.11. The molecule has 5 heteroatoms. The first-order valence-electron chi connectivity index (χ1n) is 4.74. The standard InChI is InChI=1S/C11H11NO4/c12-9(11(14)15)10(13)8-5-6-3-1-2-4-7(6)16-8/h1-5,9-10,13H,12H2,(H,14,15). The van der Waals surface area contributed by atoms with Gasteiger partial charge in [-0.05, 0) is 12.1 Å². The number of fused-ring (bicyclic) bond motifs is 1.